The first kappa shape index (κ1) is 17.6. The molecular weight excluding hydrogens is 366 g/mol. The Morgan fingerprint density at radius 1 is 0.931 bits per heavy atom. The SMILES string of the molecule is c1cc(NCc2ccc3c(c2)OCO3)nc(Nc2ccc(N3CCCC3)cc2)n1. The van der Waals surface area contributed by atoms with Crippen LogP contribution in [0.2, 0.25) is 0 Å². The maximum absolute atomic E-state index is 5.43. The fourth-order valence-corrected chi connectivity index (χ4v) is 3.62. The largest absolute Gasteiger partial charge is 0.454 e. The van der Waals surface area contributed by atoms with Crippen molar-refractivity contribution in [3.63, 3.8) is 0 Å². The summed E-state index contributed by atoms with van der Waals surface area (Å²) in [5.41, 5.74) is 3.34. The number of hydrogen-bond acceptors (Lipinski definition) is 7. The highest BCUT2D eigenvalue weighted by Crippen LogP contribution is 2.32. The molecular formula is C22H23N5O2. The highest BCUT2D eigenvalue weighted by molar-refractivity contribution is 5.60. The van der Waals surface area contributed by atoms with Crippen molar-refractivity contribution in [2.75, 3.05) is 35.4 Å². The van der Waals surface area contributed by atoms with Gasteiger partial charge in [0.2, 0.25) is 12.7 Å². The van der Waals surface area contributed by atoms with Crippen molar-refractivity contribution in [3.8, 4) is 11.5 Å². The summed E-state index contributed by atoms with van der Waals surface area (Å²) in [6.07, 6.45) is 4.30. The molecule has 2 aliphatic rings. The van der Waals surface area contributed by atoms with E-state index in [0.717, 1.165) is 41.7 Å². The Morgan fingerprint density at radius 2 is 1.76 bits per heavy atom. The summed E-state index contributed by atoms with van der Waals surface area (Å²) < 4.78 is 10.8. The number of ether oxygens (including phenoxy) is 2. The van der Waals surface area contributed by atoms with Gasteiger partial charge in [-0.25, -0.2) is 4.98 Å². The van der Waals surface area contributed by atoms with Crippen LogP contribution in [-0.2, 0) is 6.54 Å². The first-order chi connectivity index (χ1) is 14.3. The molecule has 3 heterocycles. The van der Waals surface area contributed by atoms with E-state index in [-0.39, 0.29) is 6.79 Å². The van der Waals surface area contributed by atoms with Gasteiger partial charge in [0, 0.05) is 37.2 Å². The zero-order valence-corrected chi connectivity index (χ0v) is 16.1. The fraction of sp³-hybridized carbons (Fsp3) is 0.273. The lowest BCUT2D eigenvalue weighted by Crippen LogP contribution is -2.17. The molecule has 148 valence electrons. The minimum absolute atomic E-state index is 0.284. The van der Waals surface area contributed by atoms with Gasteiger partial charge < -0.3 is 25.0 Å². The topological polar surface area (TPSA) is 71.5 Å². The third kappa shape index (κ3) is 4.03. The molecule has 0 radical (unpaired) electrons. The van der Waals surface area contributed by atoms with Gasteiger partial charge in [0.25, 0.3) is 0 Å². The van der Waals surface area contributed by atoms with Gasteiger partial charge in [-0.1, -0.05) is 6.07 Å². The number of anilines is 4. The third-order valence-electron chi connectivity index (χ3n) is 5.16. The molecule has 0 spiro atoms. The fourth-order valence-electron chi connectivity index (χ4n) is 3.62. The van der Waals surface area contributed by atoms with Gasteiger partial charge in [-0.2, -0.15) is 4.98 Å². The lowest BCUT2D eigenvalue weighted by molar-refractivity contribution is 0.174. The number of nitrogens with zero attached hydrogens (tertiary/aromatic N) is 3. The zero-order valence-electron chi connectivity index (χ0n) is 16.1. The molecule has 0 amide bonds. The van der Waals surface area contributed by atoms with Gasteiger partial charge in [0.1, 0.15) is 5.82 Å². The first-order valence-electron chi connectivity index (χ1n) is 9.91. The summed E-state index contributed by atoms with van der Waals surface area (Å²) in [5.74, 6) is 2.90. The highest BCUT2D eigenvalue weighted by Gasteiger charge is 2.13. The number of hydrogen-bond donors (Lipinski definition) is 2. The summed E-state index contributed by atoms with van der Waals surface area (Å²) in [5, 5.41) is 6.61. The van der Waals surface area contributed by atoms with Crippen LogP contribution in [-0.4, -0.2) is 29.9 Å². The van der Waals surface area contributed by atoms with E-state index in [4.69, 9.17) is 9.47 Å². The smallest absolute Gasteiger partial charge is 0.231 e. The quantitative estimate of drug-likeness (QED) is 0.656. The Hall–Kier alpha value is -3.48. The molecule has 1 fully saturated rings. The van der Waals surface area contributed by atoms with E-state index in [2.05, 4.69) is 49.8 Å². The van der Waals surface area contributed by atoms with E-state index in [9.17, 15) is 0 Å². The van der Waals surface area contributed by atoms with Crippen LogP contribution in [0.5, 0.6) is 11.5 Å². The van der Waals surface area contributed by atoms with Gasteiger partial charge in [0.05, 0.1) is 0 Å². The molecule has 5 rings (SSSR count). The summed E-state index contributed by atoms with van der Waals surface area (Å²) in [4.78, 5) is 11.3. The first-order valence-corrected chi connectivity index (χ1v) is 9.91. The molecule has 3 aromatic rings. The van der Waals surface area contributed by atoms with Crippen LogP contribution < -0.4 is 25.0 Å². The average molecular weight is 389 g/mol. The molecule has 7 nitrogen and oxygen atoms in total. The van der Waals surface area contributed by atoms with E-state index in [0.29, 0.717) is 12.5 Å². The maximum atomic E-state index is 5.43. The lowest BCUT2D eigenvalue weighted by Gasteiger charge is -2.17. The van der Waals surface area contributed by atoms with Crippen molar-refractivity contribution < 1.29 is 9.47 Å². The van der Waals surface area contributed by atoms with Crippen molar-refractivity contribution in [1.82, 2.24) is 9.97 Å². The van der Waals surface area contributed by atoms with Crippen molar-refractivity contribution in [2.24, 2.45) is 0 Å². The average Bonchev–Trinajstić information content (AvgIpc) is 3.45. The third-order valence-corrected chi connectivity index (χ3v) is 5.16. The predicted octanol–water partition coefficient (Wildman–Crippen LogP) is 4.16. The van der Waals surface area contributed by atoms with E-state index in [1.165, 1.54) is 18.5 Å². The van der Waals surface area contributed by atoms with Gasteiger partial charge in [0.15, 0.2) is 11.5 Å². The molecule has 2 N–H and O–H groups in total. The van der Waals surface area contributed by atoms with E-state index in [1.807, 2.05) is 24.3 Å². The molecule has 0 atom stereocenters. The number of aromatic nitrogens is 2. The van der Waals surface area contributed by atoms with Crippen molar-refractivity contribution in [3.05, 3.63) is 60.3 Å². The Bertz CT molecular complexity index is 987. The molecule has 2 aliphatic heterocycles. The minimum atomic E-state index is 0.284. The Balaban J connectivity index is 1.21. The van der Waals surface area contributed by atoms with Crippen LogP contribution in [0.15, 0.2) is 54.7 Å². The van der Waals surface area contributed by atoms with Crippen LogP contribution >= 0.6 is 0 Å². The summed E-state index contributed by atoms with van der Waals surface area (Å²) >= 11 is 0. The van der Waals surface area contributed by atoms with Crippen LogP contribution in [0.1, 0.15) is 18.4 Å². The monoisotopic (exact) mass is 389 g/mol. The van der Waals surface area contributed by atoms with Gasteiger partial charge >= 0.3 is 0 Å². The minimum Gasteiger partial charge on any atom is -0.454 e. The summed E-state index contributed by atoms with van der Waals surface area (Å²) in [6, 6.07) is 16.2. The summed E-state index contributed by atoms with van der Waals surface area (Å²) in [6.45, 7) is 3.21. The zero-order chi connectivity index (χ0) is 19.5. The standard InChI is InChI=1S/C22H23N5O2/c1-2-12-27(11-1)18-6-4-17(5-7-18)25-22-23-10-9-21(26-22)24-14-16-3-8-19-20(13-16)29-15-28-19/h3-10,13H,1-2,11-12,14-15H2,(H2,23,24,25,26). The van der Waals surface area contributed by atoms with Crippen LogP contribution in [0.4, 0.5) is 23.1 Å². The normalized spacial score (nSPS) is 14.8. The van der Waals surface area contributed by atoms with Crippen LogP contribution in [0.3, 0.4) is 0 Å². The van der Waals surface area contributed by atoms with Gasteiger partial charge in [-0.05, 0) is 60.9 Å². The molecule has 0 bridgehead atoms. The molecule has 7 heteroatoms. The number of rotatable bonds is 6. The molecule has 1 aromatic heterocycles. The second kappa shape index (κ2) is 7.87. The Morgan fingerprint density at radius 3 is 2.62 bits per heavy atom. The lowest BCUT2D eigenvalue weighted by atomic mass is 10.2. The molecule has 29 heavy (non-hydrogen) atoms. The predicted molar refractivity (Wildman–Crippen MR) is 113 cm³/mol. The van der Waals surface area contributed by atoms with E-state index in [1.54, 1.807) is 6.20 Å². The molecule has 0 aliphatic carbocycles. The van der Waals surface area contributed by atoms with Crippen molar-refractivity contribution in [2.45, 2.75) is 19.4 Å². The second-order valence-corrected chi connectivity index (χ2v) is 7.17. The highest BCUT2D eigenvalue weighted by atomic mass is 16.7. The number of fused-ring (bicyclic) bond motifs is 1. The maximum Gasteiger partial charge on any atom is 0.231 e. The summed E-state index contributed by atoms with van der Waals surface area (Å²) in [7, 11) is 0. The van der Waals surface area contributed by atoms with Gasteiger partial charge in [-0.15, -0.1) is 0 Å². The van der Waals surface area contributed by atoms with Crippen molar-refractivity contribution in [1.29, 1.82) is 0 Å². The second-order valence-electron chi connectivity index (χ2n) is 7.17. The van der Waals surface area contributed by atoms with Crippen LogP contribution in [0, 0.1) is 0 Å². The Labute approximate surface area is 169 Å². The van der Waals surface area contributed by atoms with E-state index < -0.39 is 0 Å². The van der Waals surface area contributed by atoms with Crippen molar-refractivity contribution >= 4 is 23.1 Å². The molecule has 1 saturated heterocycles. The number of benzene rings is 2. The van der Waals surface area contributed by atoms with E-state index >= 15 is 0 Å². The molecule has 0 unspecified atom stereocenters. The molecule has 0 saturated carbocycles. The van der Waals surface area contributed by atoms with Crippen LogP contribution in [0.25, 0.3) is 0 Å². The number of nitrogens with one attached hydrogen (secondary N) is 2. The molecule has 2 aromatic carbocycles. The Kier molecular flexibility index (Phi) is 4.78. The van der Waals surface area contributed by atoms with Gasteiger partial charge in [-0.3, -0.25) is 0 Å².